The van der Waals surface area contributed by atoms with E-state index < -0.39 is 11.0 Å². The Morgan fingerprint density at radius 1 is 1.30 bits per heavy atom. The first-order chi connectivity index (χ1) is 14.4. The number of hydrogen-bond acceptors (Lipinski definition) is 3. The Morgan fingerprint density at radius 2 is 2.03 bits per heavy atom. The zero-order valence-corrected chi connectivity index (χ0v) is 19.3. The van der Waals surface area contributed by atoms with Gasteiger partial charge in [-0.15, -0.1) is 0 Å². The van der Waals surface area contributed by atoms with Gasteiger partial charge in [-0.05, 0) is 64.2 Å². The molecule has 5 nitrogen and oxygen atoms in total. The zero-order valence-electron chi connectivity index (χ0n) is 18.5. The monoisotopic (exact) mass is 425 g/mol. The third kappa shape index (κ3) is 3.49. The second-order valence-electron chi connectivity index (χ2n) is 8.77. The molecule has 0 N–H and O–H groups in total. The van der Waals surface area contributed by atoms with Crippen LogP contribution in [0.1, 0.15) is 82.7 Å². The summed E-state index contributed by atoms with van der Waals surface area (Å²) in [5, 5.41) is 0.643. The minimum Gasteiger partial charge on any atom is -0.296 e. The van der Waals surface area contributed by atoms with E-state index in [-0.39, 0.29) is 11.0 Å². The summed E-state index contributed by atoms with van der Waals surface area (Å²) in [6.45, 7) is 8.60. The van der Waals surface area contributed by atoms with Crippen LogP contribution in [-0.2, 0) is 22.9 Å². The molecule has 1 aromatic carbocycles. The maximum absolute atomic E-state index is 13.4. The molecule has 1 spiro atoms. The van der Waals surface area contributed by atoms with Crippen LogP contribution in [0.4, 0.5) is 0 Å². The lowest BCUT2D eigenvalue weighted by Crippen LogP contribution is -2.27. The van der Waals surface area contributed by atoms with Crippen LogP contribution in [0.2, 0.25) is 0 Å². The number of aromatic nitrogens is 2. The fourth-order valence-electron chi connectivity index (χ4n) is 5.13. The maximum atomic E-state index is 13.4. The summed E-state index contributed by atoms with van der Waals surface area (Å²) in [5.41, 5.74) is 3.31. The first kappa shape index (κ1) is 21.2. The van der Waals surface area contributed by atoms with E-state index in [0.717, 1.165) is 60.5 Å². The van der Waals surface area contributed by atoms with Gasteiger partial charge in [-0.25, -0.2) is 9.19 Å². The number of fused-ring (bicyclic) bond motifs is 3. The summed E-state index contributed by atoms with van der Waals surface area (Å²) in [5.74, 6) is 0.955. The van der Waals surface area contributed by atoms with Gasteiger partial charge in [0.2, 0.25) is 0 Å². The quantitative estimate of drug-likeness (QED) is 0.626. The molecule has 2 aromatic rings. The predicted octanol–water partition coefficient (Wildman–Crippen LogP) is 5.10. The summed E-state index contributed by atoms with van der Waals surface area (Å²) in [7, 11) is -1.41. The Labute approximate surface area is 180 Å². The normalized spacial score (nSPS) is 19.6. The van der Waals surface area contributed by atoms with Crippen LogP contribution < -0.4 is 5.56 Å². The van der Waals surface area contributed by atoms with Crippen molar-refractivity contribution < 1.29 is 4.21 Å². The Hall–Kier alpha value is -2.08. The van der Waals surface area contributed by atoms with Crippen molar-refractivity contribution in [3.8, 4) is 0 Å². The second kappa shape index (κ2) is 8.22. The SMILES string of the molecule is C/C=C(\CCC)S(=O)/N=C(/C)c1cc(C)cc2c(=O)n3c(nc12)C1(CCCC1)CC3. The molecular weight excluding hydrogens is 394 g/mol. The van der Waals surface area contributed by atoms with Gasteiger partial charge in [0.15, 0.2) is 11.0 Å². The fourth-order valence-corrected chi connectivity index (χ4v) is 6.18. The summed E-state index contributed by atoms with van der Waals surface area (Å²) >= 11 is 0. The van der Waals surface area contributed by atoms with Gasteiger partial charge in [-0.3, -0.25) is 9.36 Å². The zero-order chi connectivity index (χ0) is 21.5. The third-order valence-electron chi connectivity index (χ3n) is 6.70. The first-order valence-corrected chi connectivity index (χ1v) is 12.2. The molecule has 1 aromatic heterocycles. The highest BCUT2D eigenvalue weighted by atomic mass is 32.2. The van der Waals surface area contributed by atoms with Crippen molar-refractivity contribution in [2.45, 2.75) is 84.6 Å². The molecule has 6 heteroatoms. The van der Waals surface area contributed by atoms with Gasteiger partial charge in [0.25, 0.3) is 5.56 Å². The molecule has 1 saturated carbocycles. The number of allylic oxidation sites excluding steroid dienone is 2. The molecule has 2 aliphatic rings. The molecule has 0 amide bonds. The molecule has 1 aliphatic carbocycles. The first-order valence-electron chi connectivity index (χ1n) is 11.1. The van der Waals surface area contributed by atoms with E-state index in [1.807, 2.05) is 43.5 Å². The largest absolute Gasteiger partial charge is 0.296 e. The standard InChI is InChI=1S/C24H31N3O2S/c1-5-9-18(6-2)30(29)26-17(4)19-14-16(3)15-20-21(19)25-23-24(10-7-8-11-24)12-13-27(23)22(20)28/h6,14-15H,5,7-13H2,1-4H3/b18-6+,26-17-. The minimum atomic E-state index is -1.41. The Kier molecular flexibility index (Phi) is 5.80. The van der Waals surface area contributed by atoms with E-state index in [1.54, 1.807) is 0 Å². The smallest absolute Gasteiger partial charge is 0.261 e. The lowest BCUT2D eigenvalue weighted by Gasteiger charge is -2.22. The molecule has 30 heavy (non-hydrogen) atoms. The van der Waals surface area contributed by atoms with Crippen molar-refractivity contribution in [2.24, 2.45) is 4.40 Å². The van der Waals surface area contributed by atoms with Crippen LogP contribution in [0, 0.1) is 6.92 Å². The molecule has 160 valence electrons. The van der Waals surface area contributed by atoms with Gasteiger partial charge in [0, 0.05) is 22.4 Å². The van der Waals surface area contributed by atoms with Crippen LogP contribution in [0.15, 0.2) is 32.3 Å². The lowest BCUT2D eigenvalue weighted by molar-refractivity contribution is 0.429. The molecule has 0 bridgehead atoms. The van der Waals surface area contributed by atoms with Gasteiger partial charge < -0.3 is 0 Å². The number of nitrogens with zero attached hydrogens (tertiary/aromatic N) is 3. The molecule has 1 aliphatic heterocycles. The highest BCUT2D eigenvalue weighted by molar-refractivity contribution is 7.87. The third-order valence-corrected chi connectivity index (χ3v) is 8.03. The van der Waals surface area contributed by atoms with Gasteiger partial charge in [-0.2, -0.15) is 4.40 Å². The second-order valence-corrected chi connectivity index (χ2v) is 9.97. The van der Waals surface area contributed by atoms with E-state index in [9.17, 15) is 9.00 Å². The molecular formula is C24H31N3O2S. The molecule has 1 fully saturated rings. The highest BCUT2D eigenvalue weighted by Crippen LogP contribution is 2.46. The van der Waals surface area contributed by atoms with Gasteiger partial charge in [-0.1, -0.05) is 32.3 Å². The van der Waals surface area contributed by atoms with E-state index in [1.165, 1.54) is 12.8 Å². The summed E-state index contributed by atoms with van der Waals surface area (Å²) in [4.78, 5) is 19.3. The number of rotatable bonds is 5. The van der Waals surface area contributed by atoms with E-state index in [2.05, 4.69) is 11.3 Å². The van der Waals surface area contributed by atoms with Crippen molar-refractivity contribution in [1.82, 2.24) is 9.55 Å². The summed E-state index contributed by atoms with van der Waals surface area (Å²) < 4.78 is 19.2. The van der Waals surface area contributed by atoms with Crippen LogP contribution in [-0.4, -0.2) is 19.5 Å². The van der Waals surface area contributed by atoms with Crippen LogP contribution in [0.3, 0.4) is 0 Å². The molecule has 1 unspecified atom stereocenters. The molecule has 2 heterocycles. The average molecular weight is 426 g/mol. The van der Waals surface area contributed by atoms with Gasteiger partial charge in [0.05, 0.1) is 16.6 Å². The number of hydrogen-bond donors (Lipinski definition) is 0. The lowest BCUT2D eigenvalue weighted by atomic mass is 9.84. The van der Waals surface area contributed by atoms with Crippen LogP contribution >= 0.6 is 0 Å². The van der Waals surface area contributed by atoms with Gasteiger partial charge >= 0.3 is 0 Å². The Bertz CT molecular complexity index is 1140. The van der Waals surface area contributed by atoms with E-state index in [0.29, 0.717) is 16.6 Å². The van der Waals surface area contributed by atoms with Crippen LogP contribution in [0.25, 0.3) is 10.9 Å². The number of benzene rings is 1. The topological polar surface area (TPSA) is 64.3 Å². The van der Waals surface area contributed by atoms with E-state index >= 15 is 0 Å². The van der Waals surface area contributed by atoms with Crippen molar-refractivity contribution in [2.75, 3.05) is 0 Å². The Morgan fingerprint density at radius 3 is 2.70 bits per heavy atom. The van der Waals surface area contributed by atoms with Crippen molar-refractivity contribution in [1.29, 1.82) is 0 Å². The van der Waals surface area contributed by atoms with Crippen molar-refractivity contribution in [3.05, 3.63) is 50.4 Å². The summed E-state index contributed by atoms with van der Waals surface area (Å²) in [6.07, 6.45) is 9.25. The van der Waals surface area contributed by atoms with Crippen LogP contribution in [0.5, 0.6) is 0 Å². The molecule has 1 atom stereocenters. The van der Waals surface area contributed by atoms with Crippen molar-refractivity contribution in [3.63, 3.8) is 0 Å². The fraction of sp³-hybridized carbons (Fsp3) is 0.542. The number of aryl methyl sites for hydroxylation is 1. The van der Waals surface area contributed by atoms with Crippen molar-refractivity contribution >= 4 is 27.6 Å². The van der Waals surface area contributed by atoms with E-state index in [4.69, 9.17) is 4.98 Å². The Balaban J connectivity index is 1.89. The average Bonchev–Trinajstić information content (AvgIpc) is 3.34. The van der Waals surface area contributed by atoms with Gasteiger partial charge in [0.1, 0.15) is 5.82 Å². The predicted molar refractivity (Wildman–Crippen MR) is 125 cm³/mol. The molecule has 0 saturated heterocycles. The summed E-state index contributed by atoms with van der Waals surface area (Å²) in [6, 6.07) is 3.95. The maximum Gasteiger partial charge on any atom is 0.261 e. The molecule has 0 radical (unpaired) electrons. The highest BCUT2D eigenvalue weighted by Gasteiger charge is 2.43. The minimum absolute atomic E-state index is 0.0535. The molecule has 4 rings (SSSR count).